The van der Waals surface area contributed by atoms with Crippen LogP contribution in [0.25, 0.3) is 0 Å². The summed E-state index contributed by atoms with van der Waals surface area (Å²) < 4.78 is 21.2. The fourth-order valence-corrected chi connectivity index (χ4v) is 1.78. The van der Waals surface area contributed by atoms with E-state index in [1.807, 2.05) is 31.2 Å². The molecule has 0 aliphatic rings. The molecular formula is C16H26O5. The minimum absolute atomic E-state index is 0.450. The van der Waals surface area contributed by atoms with Gasteiger partial charge in [0, 0.05) is 12.7 Å². The van der Waals surface area contributed by atoms with Crippen LogP contribution in [0.15, 0.2) is 24.3 Å². The number of benzene rings is 1. The van der Waals surface area contributed by atoms with Crippen LogP contribution in [-0.2, 0) is 14.2 Å². The summed E-state index contributed by atoms with van der Waals surface area (Å²) in [4.78, 5) is 0. The normalized spacial score (nSPS) is 12.3. The monoisotopic (exact) mass is 298 g/mol. The van der Waals surface area contributed by atoms with Crippen molar-refractivity contribution in [3.05, 3.63) is 29.8 Å². The first-order valence-corrected chi connectivity index (χ1v) is 7.33. The molecular weight excluding hydrogens is 272 g/mol. The van der Waals surface area contributed by atoms with Crippen LogP contribution >= 0.6 is 0 Å². The third-order valence-corrected chi connectivity index (χ3v) is 2.95. The average Bonchev–Trinajstić information content (AvgIpc) is 2.53. The average molecular weight is 298 g/mol. The Bertz CT molecular complexity index is 369. The van der Waals surface area contributed by atoms with Crippen LogP contribution in [-0.4, -0.2) is 51.9 Å². The van der Waals surface area contributed by atoms with E-state index in [1.165, 1.54) is 0 Å². The highest BCUT2D eigenvalue weighted by atomic mass is 16.6. The predicted octanol–water partition coefficient (Wildman–Crippen LogP) is 2.19. The Morgan fingerprint density at radius 2 is 1.57 bits per heavy atom. The zero-order valence-electron chi connectivity index (χ0n) is 12.9. The third-order valence-electron chi connectivity index (χ3n) is 2.95. The molecule has 0 aliphatic heterocycles. The molecule has 0 spiro atoms. The highest BCUT2D eigenvalue weighted by Crippen LogP contribution is 2.26. The summed E-state index contributed by atoms with van der Waals surface area (Å²) >= 11 is 0. The number of methoxy groups -OCH3 is 1. The van der Waals surface area contributed by atoms with E-state index in [-0.39, 0.29) is 0 Å². The van der Waals surface area contributed by atoms with Crippen molar-refractivity contribution in [3.63, 3.8) is 0 Å². The van der Waals surface area contributed by atoms with Crippen LogP contribution in [0.2, 0.25) is 0 Å². The van der Waals surface area contributed by atoms with E-state index in [0.29, 0.717) is 51.8 Å². The topological polar surface area (TPSA) is 57.2 Å². The Morgan fingerprint density at radius 1 is 0.952 bits per heavy atom. The molecule has 0 heterocycles. The van der Waals surface area contributed by atoms with Crippen LogP contribution in [0.3, 0.4) is 0 Å². The molecule has 1 atom stereocenters. The first-order chi connectivity index (χ1) is 10.3. The Balaban J connectivity index is 2.15. The van der Waals surface area contributed by atoms with Gasteiger partial charge in [-0.2, -0.15) is 0 Å². The van der Waals surface area contributed by atoms with Gasteiger partial charge in [-0.1, -0.05) is 25.1 Å². The van der Waals surface area contributed by atoms with E-state index >= 15 is 0 Å². The molecule has 1 rings (SSSR count). The largest absolute Gasteiger partial charge is 0.491 e. The molecule has 0 aliphatic carbocycles. The fraction of sp³-hybridized carbons (Fsp3) is 0.625. The molecule has 5 heteroatoms. The first-order valence-electron chi connectivity index (χ1n) is 7.33. The van der Waals surface area contributed by atoms with Gasteiger partial charge in [-0.3, -0.25) is 0 Å². The van der Waals surface area contributed by atoms with Crippen LogP contribution in [0, 0.1) is 0 Å². The Labute approximate surface area is 126 Å². The molecule has 0 aromatic heterocycles. The molecule has 1 aromatic rings. The van der Waals surface area contributed by atoms with Gasteiger partial charge in [-0.25, -0.2) is 0 Å². The molecule has 120 valence electrons. The van der Waals surface area contributed by atoms with Gasteiger partial charge in [0.1, 0.15) is 12.4 Å². The molecule has 0 fully saturated rings. The summed E-state index contributed by atoms with van der Waals surface area (Å²) in [5, 5.41) is 9.92. The molecule has 0 amide bonds. The van der Waals surface area contributed by atoms with Gasteiger partial charge in [0.2, 0.25) is 0 Å². The Morgan fingerprint density at radius 3 is 2.24 bits per heavy atom. The summed E-state index contributed by atoms with van der Waals surface area (Å²) in [7, 11) is 1.64. The predicted molar refractivity (Wildman–Crippen MR) is 80.7 cm³/mol. The highest BCUT2D eigenvalue weighted by molar-refractivity contribution is 5.34. The molecule has 0 unspecified atom stereocenters. The smallest absolute Gasteiger partial charge is 0.125 e. The SMILES string of the molecule is CC[C@@H](O)c1ccccc1OCCOCCOCCOC. The van der Waals surface area contributed by atoms with E-state index < -0.39 is 6.10 Å². The maximum atomic E-state index is 9.92. The number of aliphatic hydroxyl groups excluding tert-OH is 1. The third kappa shape index (κ3) is 7.43. The van der Waals surface area contributed by atoms with E-state index in [1.54, 1.807) is 7.11 Å². The minimum atomic E-state index is -0.490. The van der Waals surface area contributed by atoms with Crippen LogP contribution in [0.1, 0.15) is 25.0 Å². The van der Waals surface area contributed by atoms with Gasteiger partial charge < -0.3 is 24.1 Å². The van der Waals surface area contributed by atoms with E-state index in [2.05, 4.69) is 0 Å². The summed E-state index contributed by atoms with van der Waals surface area (Å²) in [6, 6.07) is 7.54. The second-order valence-corrected chi connectivity index (χ2v) is 4.53. The van der Waals surface area contributed by atoms with Crippen molar-refractivity contribution in [2.24, 2.45) is 0 Å². The second-order valence-electron chi connectivity index (χ2n) is 4.53. The fourth-order valence-electron chi connectivity index (χ4n) is 1.78. The van der Waals surface area contributed by atoms with Gasteiger partial charge in [0.15, 0.2) is 0 Å². The summed E-state index contributed by atoms with van der Waals surface area (Å²) in [6.45, 7) is 5.14. The van der Waals surface area contributed by atoms with E-state index in [0.717, 1.165) is 5.56 Å². The molecule has 0 saturated heterocycles. The van der Waals surface area contributed by atoms with Crippen molar-refractivity contribution >= 4 is 0 Å². The summed E-state index contributed by atoms with van der Waals surface area (Å²) in [5.41, 5.74) is 0.822. The Hall–Kier alpha value is -1.14. The molecule has 1 N–H and O–H groups in total. The number of aliphatic hydroxyl groups is 1. The number of ether oxygens (including phenoxy) is 4. The number of rotatable bonds is 12. The maximum absolute atomic E-state index is 9.92. The molecule has 0 bridgehead atoms. The molecule has 21 heavy (non-hydrogen) atoms. The van der Waals surface area contributed by atoms with Crippen molar-refractivity contribution in [1.29, 1.82) is 0 Å². The summed E-state index contributed by atoms with van der Waals surface area (Å²) in [6.07, 6.45) is 0.173. The van der Waals surface area contributed by atoms with Gasteiger partial charge in [-0.05, 0) is 12.5 Å². The number of hydrogen-bond donors (Lipinski definition) is 1. The van der Waals surface area contributed by atoms with Crippen LogP contribution < -0.4 is 4.74 Å². The lowest BCUT2D eigenvalue weighted by Crippen LogP contribution is -2.13. The maximum Gasteiger partial charge on any atom is 0.125 e. The molecule has 0 saturated carbocycles. The quantitative estimate of drug-likeness (QED) is 0.599. The van der Waals surface area contributed by atoms with Crippen molar-refractivity contribution in [1.82, 2.24) is 0 Å². The lowest BCUT2D eigenvalue weighted by atomic mass is 10.1. The Kier molecular flexibility index (Phi) is 9.82. The van der Waals surface area contributed by atoms with Crippen LogP contribution in [0.4, 0.5) is 0 Å². The van der Waals surface area contributed by atoms with Gasteiger partial charge in [0.25, 0.3) is 0 Å². The standard InChI is InChI=1S/C16H26O5/c1-3-15(17)14-6-4-5-7-16(14)21-13-12-20-11-10-19-9-8-18-2/h4-7,15,17H,3,8-13H2,1-2H3/t15-/m1/s1. The van der Waals surface area contributed by atoms with Gasteiger partial charge in [-0.15, -0.1) is 0 Å². The van der Waals surface area contributed by atoms with Crippen molar-refractivity contribution in [2.45, 2.75) is 19.4 Å². The molecule has 5 nitrogen and oxygen atoms in total. The van der Waals surface area contributed by atoms with E-state index in [9.17, 15) is 5.11 Å². The molecule has 0 radical (unpaired) electrons. The lowest BCUT2D eigenvalue weighted by Gasteiger charge is -2.15. The van der Waals surface area contributed by atoms with Gasteiger partial charge in [0.05, 0.1) is 39.1 Å². The lowest BCUT2D eigenvalue weighted by molar-refractivity contribution is 0.0177. The van der Waals surface area contributed by atoms with Crippen molar-refractivity contribution < 1.29 is 24.1 Å². The van der Waals surface area contributed by atoms with Crippen molar-refractivity contribution in [2.75, 3.05) is 46.8 Å². The van der Waals surface area contributed by atoms with Crippen molar-refractivity contribution in [3.8, 4) is 5.75 Å². The highest BCUT2D eigenvalue weighted by Gasteiger charge is 2.10. The zero-order chi connectivity index (χ0) is 15.3. The minimum Gasteiger partial charge on any atom is -0.491 e. The van der Waals surface area contributed by atoms with Crippen LogP contribution in [0.5, 0.6) is 5.75 Å². The first kappa shape index (κ1) is 17.9. The zero-order valence-corrected chi connectivity index (χ0v) is 12.9. The summed E-state index contributed by atoms with van der Waals surface area (Å²) in [5.74, 6) is 0.715. The van der Waals surface area contributed by atoms with E-state index in [4.69, 9.17) is 18.9 Å². The molecule has 1 aromatic carbocycles. The second kappa shape index (κ2) is 11.5. The van der Waals surface area contributed by atoms with Gasteiger partial charge >= 0.3 is 0 Å². The number of hydrogen-bond acceptors (Lipinski definition) is 5. The number of para-hydroxylation sites is 1.